The summed E-state index contributed by atoms with van der Waals surface area (Å²) in [6.45, 7) is 1.41. The van der Waals surface area contributed by atoms with E-state index in [1.165, 1.54) is 12.1 Å². The maximum atomic E-state index is 13.1. The Morgan fingerprint density at radius 1 is 1.45 bits per heavy atom. The van der Waals surface area contributed by atoms with Gasteiger partial charge in [-0.3, -0.25) is 0 Å². The van der Waals surface area contributed by atoms with Gasteiger partial charge >= 0.3 is 5.97 Å². The van der Waals surface area contributed by atoms with Gasteiger partial charge in [-0.2, -0.15) is 0 Å². The van der Waals surface area contributed by atoms with E-state index < -0.39 is 28.2 Å². The summed E-state index contributed by atoms with van der Waals surface area (Å²) in [5, 5.41) is 10.9. The molecule has 6 nitrogen and oxygen atoms in total. The monoisotopic (exact) mass is 305 g/mol. The molecule has 0 saturated heterocycles. The predicted octanol–water partition coefficient (Wildman–Crippen LogP) is 0.556. The molecule has 0 fully saturated rings. The number of aryl methyl sites for hydroxylation is 1. The fraction of sp³-hybridized carbons (Fsp3) is 0.417. The lowest BCUT2D eigenvalue weighted by molar-refractivity contribution is -0.142. The van der Waals surface area contributed by atoms with Gasteiger partial charge in [0, 0.05) is 6.54 Å². The molecule has 0 radical (unpaired) electrons. The number of hydrogen-bond acceptors (Lipinski definition) is 5. The maximum absolute atomic E-state index is 13.1. The van der Waals surface area contributed by atoms with Crippen molar-refractivity contribution in [2.45, 2.75) is 11.8 Å². The van der Waals surface area contributed by atoms with Crippen LogP contribution in [0.15, 0.2) is 23.1 Å². The second kappa shape index (κ2) is 7.32. The number of sulfone groups is 1. The topological polar surface area (TPSA) is 92.7 Å². The normalized spacial score (nSPS) is 11.5. The van der Waals surface area contributed by atoms with Crippen LogP contribution in [0.25, 0.3) is 0 Å². The van der Waals surface area contributed by atoms with Crippen LogP contribution in [0, 0.1) is 12.7 Å². The van der Waals surface area contributed by atoms with E-state index in [1.54, 1.807) is 6.92 Å². The number of nitrogens with one attached hydrogen (secondary N) is 1. The summed E-state index contributed by atoms with van der Waals surface area (Å²) in [7, 11) is -3.64. The van der Waals surface area contributed by atoms with Crippen molar-refractivity contribution in [3.05, 3.63) is 29.6 Å². The minimum atomic E-state index is -3.64. The van der Waals surface area contributed by atoms with Crippen molar-refractivity contribution < 1.29 is 27.4 Å². The second-order valence-electron chi connectivity index (χ2n) is 4.12. The van der Waals surface area contributed by atoms with Gasteiger partial charge in [0.1, 0.15) is 18.3 Å². The number of carboxylic acids is 1. The zero-order chi connectivity index (χ0) is 15.2. The Kier molecular flexibility index (Phi) is 6.05. The highest BCUT2D eigenvalue weighted by atomic mass is 32.2. The van der Waals surface area contributed by atoms with Crippen LogP contribution in [0.2, 0.25) is 0 Å². The molecule has 0 spiro atoms. The zero-order valence-corrected chi connectivity index (χ0v) is 11.7. The van der Waals surface area contributed by atoms with Gasteiger partial charge in [-0.05, 0) is 24.6 Å². The number of aliphatic carboxylic acids is 1. The summed E-state index contributed by atoms with van der Waals surface area (Å²) >= 11 is 0. The Morgan fingerprint density at radius 3 is 2.80 bits per heavy atom. The van der Waals surface area contributed by atoms with Crippen LogP contribution in [0.1, 0.15) is 5.56 Å². The van der Waals surface area contributed by atoms with Crippen LogP contribution < -0.4 is 5.32 Å². The van der Waals surface area contributed by atoms with Crippen LogP contribution >= 0.6 is 0 Å². The summed E-state index contributed by atoms with van der Waals surface area (Å²) < 4.78 is 41.8. The number of rotatable bonds is 8. The molecule has 0 aliphatic heterocycles. The molecule has 0 aromatic heterocycles. The lowest BCUT2D eigenvalue weighted by Gasteiger charge is -2.09. The van der Waals surface area contributed by atoms with Gasteiger partial charge in [0.05, 0.1) is 11.5 Å². The van der Waals surface area contributed by atoms with Gasteiger partial charge in [-0.25, -0.2) is 17.6 Å². The Balaban J connectivity index is 2.50. The molecule has 8 heteroatoms. The second-order valence-corrected chi connectivity index (χ2v) is 6.07. The molecule has 0 unspecified atom stereocenters. The third kappa shape index (κ3) is 5.24. The summed E-state index contributed by atoms with van der Waals surface area (Å²) in [6, 6.07) is 3.58. The number of hydrogen-bond donors (Lipinski definition) is 2. The average molecular weight is 305 g/mol. The van der Waals surface area contributed by atoms with Crippen LogP contribution in [0.3, 0.4) is 0 Å². The maximum Gasteiger partial charge on any atom is 0.329 e. The Morgan fingerprint density at radius 2 is 2.15 bits per heavy atom. The molecule has 112 valence electrons. The van der Waals surface area contributed by atoms with Gasteiger partial charge in [-0.15, -0.1) is 0 Å². The molecule has 0 bridgehead atoms. The van der Waals surface area contributed by atoms with Crippen LogP contribution in [-0.2, 0) is 19.4 Å². The van der Waals surface area contributed by atoms with E-state index in [1.807, 2.05) is 0 Å². The first-order valence-corrected chi connectivity index (χ1v) is 7.47. The molecular weight excluding hydrogens is 289 g/mol. The van der Waals surface area contributed by atoms with Crippen LogP contribution in [-0.4, -0.2) is 45.1 Å². The van der Waals surface area contributed by atoms with Crippen molar-refractivity contribution >= 4 is 15.8 Å². The van der Waals surface area contributed by atoms with E-state index in [0.717, 1.165) is 6.07 Å². The van der Waals surface area contributed by atoms with Crippen LogP contribution in [0.5, 0.6) is 0 Å². The summed E-state index contributed by atoms with van der Waals surface area (Å²) in [4.78, 5) is 10.1. The Labute approximate surface area is 116 Å². The molecule has 0 atom stereocenters. The van der Waals surface area contributed by atoms with E-state index in [4.69, 9.17) is 9.84 Å². The fourth-order valence-corrected chi connectivity index (χ4v) is 2.92. The standard InChI is InChI=1S/C12H16FNO5S/c1-9-2-3-10(13)6-11(9)20(17,18)8-14-4-5-19-7-12(15)16/h2-3,6,14H,4-5,7-8H2,1H3,(H,15,16). The van der Waals surface area contributed by atoms with Gasteiger partial charge in [0.15, 0.2) is 9.84 Å². The highest BCUT2D eigenvalue weighted by molar-refractivity contribution is 7.91. The van der Waals surface area contributed by atoms with Gasteiger partial charge in [0.2, 0.25) is 0 Å². The van der Waals surface area contributed by atoms with E-state index in [0.29, 0.717) is 5.56 Å². The predicted molar refractivity (Wildman–Crippen MR) is 69.6 cm³/mol. The van der Waals surface area contributed by atoms with E-state index in [2.05, 4.69) is 5.32 Å². The van der Waals surface area contributed by atoms with E-state index in [9.17, 15) is 17.6 Å². The third-order valence-electron chi connectivity index (χ3n) is 2.43. The van der Waals surface area contributed by atoms with Gasteiger partial charge in [-0.1, -0.05) is 6.07 Å². The number of benzene rings is 1. The molecule has 1 aromatic carbocycles. The molecule has 20 heavy (non-hydrogen) atoms. The molecule has 0 aliphatic carbocycles. The minimum absolute atomic E-state index is 0.0588. The average Bonchev–Trinajstić information content (AvgIpc) is 2.36. The highest BCUT2D eigenvalue weighted by Gasteiger charge is 2.17. The van der Waals surface area contributed by atoms with Crippen LogP contribution in [0.4, 0.5) is 4.39 Å². The molecule has 0 heterocycles. The zero-order valence-electron chi connectivity index (χ0n) is 10.9. The molecular formula is C12H16FNO5S. The third-order valence-corrected chi connectivity index (χ3v) is 4.12. The minimum Gasteiger partial charge on any atom is -0.480 e. The summed E-state index contributed by atoms with van der Waals surface area (Å²) in [5.74, 6) is -2.07. The van der Waals surface area contributed by atoms with Gasteiger partial charge in [0.25, 0.3) is 0 Å². The first-order valence-electron chi connectivity index (χ1n) is 5.82. The Bertz CT molecular complexity index is 573. The summed E-state index contributed by atoms with van der Waals surface area (Å²) in [5.41, 5.74) is 0.468. The smallest absolute Gasteiger partial charge is 0.329 e. The lowest BCUT2D eigenvalue weighted by atomic mass is 10.2. The van der Waals surface area contributed by atoms with E-state index >= 15 is 0 Å². The largest absolute Gasteiger partial charge is 0.480 e. The molecule has 0 saturated carbocycles. The molecule has 2 N–H and O–H groups in total. The van der Waals surface area contributed by atoms with Crippen molar-refractivity contribution in [2.24, 2.45) is 0 Å². The number of ether oxygens (including phenoxy) is 1. The van der Waals surface area contributed by atoms with Crippen molar-refractivity contribution in [2.75, 3.05) is 25.6 Å². The van der Waals surface area contributed by atoms with Crippen molar-refractivity contribution in [3.8, 4) is 0 Å². The Hall–Kier alpha value is -1.51. The number of carbonyl (C=O) groups is 1. The molecule has 0 aliphatic rings. The number of halogens is 1. The number of carboxylic acid groups (broad SMARTS) is 1. The SMILES string of the molecule is Cc1ccc(F)cc1S(=O)(=O)CNCCOCC(=O)O. The molecule has 0 amide bonds. The first-order chi connectivity index (χ1) is 9.33. The fourth-order valence-electron chi connectivity index (χ4n) is 1.50. The molecule has 1 rings (SSSR count). The van der Waals surface area contributed by atoms with Crippen molar-refractivity contribution in [1.82, 2.24) is 5.32 Å². The van der Waals surface area contributed by atoms with E-state index in [-0.39, 0.29) is 23.9 Å². The molecule has 1 aromatic rings. The van der Waals surface area contributed by atoms with Gasteiger partial charge < -0.3 is 15.2 Å². The lowest BCUT2D eigenvalue weighted by Crippen LogP contribution is -2.27. The van der Waals surface area contributed by atoms with Crippen molar-refractivity contribution in [3.63, 3.8) is 0 Å². The first kappa shape index (κ1) is 16.5. The highest BCUT2D eigenvalue weighted by Crippen LogP contribution is 2.17. The summed E-state index contributed by atoms with van der Waals surface area (Å²) in [6.07, 6.45) is 0. The van der Waals surface area contributed by atoms with Crippen molar-refractivity contribution in [1.29, 1.82) is 0 Å². The quantitative estimate of drug-likeness (QED) is 0.682.